The highest BCUT2D eigenvalue weighted by Crippen LogP contribution is 2.14. The van der Waals surface area contributed by atoms with Crippen LogP contribution in [0.5, 0.6) is 0 Å². The fourth-order valence-electron chi connectivity index (χ4n) is 2.55. The number of aromatic nitrogens is 3. The number of pyridine rings is 2. The summed E-state index contributed by atoms with van der Waals surface area (Å²) in [7, 11) is 0. The van der Waals surface area contributed by atoms with E-state index in [1.807, 2.05) is 6.92 Å². The fourth-order valence-corrected chi connectivity index (χ4v) is 2.55. The second-order valence-electron chi connectivity index (χ2n) is 5.04. The number of primary amides is 1. The van der Waals surface area contributed by atoms with Crippen LogP contribution >= 0.6 is 0 Å². The number of nitrogen functional groups attached to an aromatic ring is 1. The van der Waals surface area contributed by atoms with Gasteiger partial charge in [0.25, 0.3) is 17.1 Å². The summed E-state index contributed by atoms with van der Waals surface area (Å²) in [5.41, 5.74) is 12.3. The van der Waals surface area contributed by atoms with Crippen LogP contribution in [0.4, 0.5) is 5.82 Å². The second kappa shape index (κ2) is 5.10. The molecule has 7 nitrogen and oxygen atoms in total. The molecule has 22 heavy (non-hydrogen) atoms. The minimum Gasteiger partial charge on any atom is -0.365 e. The molecule has 1 amide bonds. The first kappa shape index (κ1) is 14.0. The van der Waals surface area contributed by atoms with Gasteiger partial charge in [0.05, 0.1) is 6.54 Å². The normalized spacial score (nSPS) is 11.1. The molecule has 3 aromatic heterocycles. The molecule has 0 saturated heterocycles. The van der Waals surface area contributed by atoms with E-state index >= 15 is 0 Å². The van der Waals surface area contributed by atoms with Gasteiger partial charge in [0.15, 0.2) is 0 Å². The zero-order valence-electron chi connectivity index (χ0n) is 12.1. The van der Waals surface area contributed by atoms with Gasteiger partial charge in [-0.05, 0) is 24.6 Å². The molecule has 0 bridgehead atoms. The molecule has 0 atom stereocenters. The van der Waals surface area contributed by atoms with Gasteiger partial charge in [0, 0.05) is 6.20 Å². The summed E-state index contributed by atoms with van der Waals surface area (Å²) in [6, 6.07) is 6.72. The third-order valence-electron chi connectivity index (χ3n) is 3.57. The Bertz CT molecular complexity index is 961. The molecular weight excluding hydrogens is 282 g/mol. The van der Waals surface area contributed by atoms with E-state index < -0.39 is 5.91 Å². The third-order valence-corrected chi connectivity index (χ3v) is 3.57. The van der Waals surface area contributed by atoms with Gasteiger partial charge in [0.2, 0.25) is 11.5 Å². The van der Waals surface area contributed by atoms with Gasteiger partial charge in [-0.25, -0.2) is 4.57 Å². The van der Waals surface area contributed by atoms with Crippen LogP contribution in [0.2, 0.25) is 0 Å². The summed E-state index contributed by atoms with van der Waals surface area (Å²) in [5, 5.41) is 0.320. The Morgan fingerprint density at radius 2 is 2.18 bits per heavy atom. The minimum atomic E-state index is -0.665. The molecule has 0 saturated carbocycles. The Hall–Kier alpha value is -2.96. The standard InChI is InChI=1S/C15H15N5O2/c1-2-6-20-12(16)9(13(17)21)8-10-14(20)18-11-5-3-4-7-19(11)15(10)22/h3-5,7-8,16H,2,6H2,1H3,(H2,17,21)/p+1. The van der Waals surface area contributed by atoms with E-state index in [2.05, 4.69) is 4.98 Å². The molecular formula is C15H16N5O2+. The Labute approximate surface area is 125 Å². The molecule has 0 aliphatic carbocycles. The Morgan fingerprint density at radius 1 is 1.41 bits per heavy atom. The average Bonchev–Trinajstić information content (AvgIpc) is 2.50. The smallest absolute Gasteiger partial charge is 0.278 e. The van der Waals surface area contributed by atoms with Gasteiger partial charge in [-0.3, -0.25) is 14.0 Å². The Balaban J connectivity index is 2.55. The van der Waals surface area contributed by atoms with Crippen molar-refractivity contribution in [1.29, 1.82) is 0 Å². The predicted octanol–water partition coefficient (Wildman–Crippen LogP) is 0.226. The number of aryl methyl sites for hydroxylation is 1. The zero-order chi connectivity index (χ0) is 15.9. The van der Waals surface area contributed by atoms with Gasteiger partial charge < -0.3 is 11.5 Å². The highest BCUT2D eigenvalue weighted by Gasteiger charge is 2.22. The largest absolute Gasteiger partial charge is 0.365 e. The van der Waals surface area contributed by atoms with Crippen LogP contribution in [0.3, 0.4) is 0 Å². The maximum atomic E-state index is 12.6. The number of nitrogens with two attached hydrogens (primary N) is 2. The number of rotatable bonds is 3. The second-order valence-corrected chi connectivity index (χ2v) is 5.04. The number of hydrogen-bond acceptors (Lipinski definition) is 4. The van der Waals surface area contributed by atoms with Gasteiger partial charge in [-0.2, -0.15) is 0 Å². The van der Waals surface area contributed by atoms with Crippen molar-refractivity contribution in [1.82, 2.24) is 9.38 Å². The lowest BCUT2D eigenvalue weighted by Gasteiger charge is -2.09. The molecule has 4 N–H and O–H groups in total. The highest BCUT2D eigenvalue weighted by atomic mass is 16.1. The van der Waals surface area contributed by atoms with Crippen molar-refractivity contribution in [2.75, 3.05) is 5.73 Å². The van der Waals surface area contributed by atoms with E-state index in [0.717, 1.165) is 6.42 Å². The third kappa shape index (κ3) is 1.98. The van der Waals surface area contributed by atoms with Crippen LogP contribution in [0.25, 0.3) is 16.7 Å². The maximum Gasteiger partial charge on any atom is 0.278 e. The lowest BCUT2D eigenvalue weighted by molar-refractivity contribution is -0.658. The molecule has 3 aromatic rings. The molecule has 0 spiro atoms. The SMILES string of the molecule is CCC[n+]1c(N)c(C(N)=O)cc2c(=O)n3ccccc3nc21. The average molecular weight is 298 g/mol. The summed E-state index contributed by atoms with van der Waals surface area (Å²) in [6.07, 6.45) is 2.41. The van der Waals surface area contributed by atoms with Crippen molar-refractivity contribution in [2.24, 2.45) is 5.73 Å². The molecule has 0 unspecified atom stereocenters. The van der Waals surface area contributed by atoms with Crippen molar-refractivity contribution in [3.8, 4) is 0 Å². The van der Waals surface area contributed by atoms with Gasteiger partial charge in [-0.15, -0.1) is 0 Å². The van der Waals surface area contributed by atoms with Crippen molar-refractivity contribution in [3.63, 3.8) is 0 Å². The topological polar surface area (TPSA) is 107 Å². The van der Waals surface area contributed by atoms with Crippen LogP contribution < -0.4 is 21.6 Å². The molecule has 0 radical (unpaired) electrons. The van der Waals surface area contributed by atoms with E-state index in [4.69, 9.17) is 11.5 Å². The molecule has 0 aliphatic rings. The van der Waals surface area contributed by atoms with Crippen molar-refractivity contribution >= 4 is 28.4 Å². The predicted molar refractivity (Wildman–Crippen MR) is 82.4 cm³/mol. The monoisotopic (exact) mass is 298 g/mol. The minimum absolute atomic E-state index is 0.135. The van der Waals surface area contributed by atoms with Crippen LogP contribution in [0.15, 0.2) is 35.3 Å². The van der Waals surface area contributed by atoms with Gasteiger partial charge in [0.1, 0.15) is 10.9 Å². The van der Waals surface area contributed by atoms with Gasteiger partial charge in [-0.1, -0.05) is 18.0 Å². The summed E-state index contributed by atoms with van der Waals surface area (Å²) in [4.78, 5) is 28.8. The van der Waals surface area contributed by atoms with E-state index in [1.165, 1.54) is 10.5 Å². The molecule has 0 fully saturated rings. The zero-order valence-corrected chi connectivity index (χ0v) is 12.1. The molecule has 3 rings (SSSR count). The number of anilines is 1. The molecule has 7 heteroatoms. The number of hydrogen-bond donors (Lipinski definition) is 2. The number of carbonyl (C=O) groups is 1. The first-order valence-corrected chi connectivity index (χ1v) is 6.97. The number of amides is 1. The highest BCUT2D eigenvalue weighted by molar-refractivity contribution is 5.99. The van der Waals surface area contributed by atoms with E-state index in [9.17, 15) is 9.59 Å². The van der Waals surface area contributed by atoms with E-state index in [0.29, 0.717) is 23.2 Å². The van der Waals surface area contributed by atoms with Crippen molar-refractivity contribution in [2.45, 2.75) is 19.9 Å². The summed E-state index contributed by atoms with van der Waals surface area (Å²) >= 11 is 0. The lowest BCUT2D eigenvalue weighted by atomic mass is 10.2. The van der Waals surface area contributed by atoms with Crippen LogP contribution in [0, 0.1) is 0 Å². The summed E-state index contributed by atoms with van der Waals surface area (Å²) in [5.74, 6) is -0.434. The first-order valence-electron chi connectivity index (χ1n) is 6.97. The van der Waals surface area contributed by atoms with Crippen LogP contribution in [-0.4, -0.2) is 15.3 Å². The first-order chi connectivity index (χ1) is 10.5. The summed E-state index contributed by atoms with van der Waals surface area (Å²) < 4.78 is 3.10. The lowest BCUT2D eigenvalue weighted by Crippen LogP contribution is -2.42. The molecule has 112 valence electrons. The van der Waals surface area contributed by atoms with E-state index in [1.54, 1.807) is 29.0 Å². The van der Waals surface area contributed by atoms with Crippen molar-refractivity contribution in [3.05, 3.63) is 46.4 Å². The van der Waals surface area contributed by atoms with Crippen molar-refractivity contribution < 1.29 is 9.36 Å². The Morgan fingerprint density at radius 3 is 2.86 bits per heavy atom. The quantitative estimate of drug-likeness (QED) is 0.533. The number of carbonyl (C=O) groups excluding carboxylic acids is 1. The molecule has 0 aromatic carbocycles. The molecule has 3 heterocycles. The number of fused-ring (bicyclic) bond motifs is 2. The van der Waals surface area contributed by atoms with E-state index in [-0.39, 0.29) is 16.9 Å². The van der Waals surface area contributed by atoms with Crippen LogP contribution in [0.1, 0.15) is 23.7 Å². The van der Waals surface area contributed by atoms with Crippen LogP contribution in [-0.2, 0) is 6.54 Å². The Kier molecular flexibility index (Phi) is 3.25. The maximum absolute atomic E-state index is 12.6. The fraction of sp³-hybridized carbons (Fsp3) is 0.200. The summed E-state index contributed by atoms with van der Waals surface area (Å²) in [6.45, 7) is 2.52. The van der Waals surface area contributed by atoms with Gasteiger partial charge >= 0.3 is 0 Å². The molecule has 0 aliphatic heterocycles. The number of nitrogens with zero attached hydrogens (tertiary/aromatic N) is 3.